The molecular formula is C19H24N4O2S. The Balaban J connectivity index is 1.86. The Kier molecular flexibility index (Phi) is 5.22. The molecule has 2 heterocycles. The minimum Gasteiger partial charge on any atom is -0.598 e. The van der Waals surface area contributed by atoms with E-state index in [1.54, 1.807) is 10.8 Å². The first-order valence-electron chi connectivity index (χ1n) is 8.47. The minimum atomic E-state index is -1.21. The van der Waals surface area contributed by atoms with Crippen molar-refractivity contribution in [1.29, 1.82) is 0 Å². The summed E-state index contributed by atoms with van der Waals surface area (Å²) in [6, 6.07) is 7.62. The maximum absolute atomic E-state index is 12.4. The summed E-state index contributed by atoms with van der Waals surface area (Å²) in [5.41, 5.74) is 2.57. The Bertz CT molecular complexity index is 910. The zero-order chi connectivity index (χ0) is 18.9. The summed E-state index contributed by atoms with van der Waals surface area (Å²) in [4.78, 5) is 0. The van der Waals surface area contributed by atoms with E-state index in [1.165, 1.54) is 0 Å². The molecule has 3 aromatic rings. The smallest absolute Gasteiger partial charge is 0.167 e. The third kappa shape index (κ3) is 4.00. The van der Waals surface area contributed by atoms with Gasteiger partial charge in [-0.2, -0.15) is 5.10 Å². The van der Waals surface area contributed by atoms with Crippen LogP contribution in [0.2, 0.25) is 0 Å². The van der Waals surface area contributed by atoms with Crippen molar-refractivity contribution in [1.82, 2.24) is 19.7 Å². The van der Waals surface area contributed by atoms with Gasteiger partial charge >= 0.3 is 0 Å². The molecule has 3 rings (SSSR count). The lowest BCUT2D eigenvalue weighted by molar-refractivity contribution is 0.412. The fourth-order valence-electron chi connectivity index (χ4n) is 2.59. The van der Waals surface area contributed by atoms with Gasteiger partial charge in [-0.1, -0.05) is 11.2 Å². The lowest BCUT2D eigenvalue weighted by atomic mass is 10.1. The van der Waals surface area contributed by atoms with Gasteiger partial charge in [-0.05, 0) is 45.4 Å². The van der Waals surface area contributed by atoms with Crippen LogP contribution in [0.3, 0.4) is 0 Å². The third-order valence-corrected chi connectivity index (χ3v) is 5.61. The lowest BCUT2D eigenvalue weighted by Crippen LogP contribution is -2.41. The molecule has 0 spiro atoms. The van der Waals surface area contributed by atoms with Crippen molar-refractivity contribution in [3.05, 3.63) is 48.8 Å². The van der Waals surface area contributed by atoms with Gasteiger partial charge in [-0.25, -0.2) is 0 Å². The second-order valence-electron chi connectivity index (χ2n) is 7.27. The molecule has 1 aromatic carbocycles. The number of nitrogens with zero attached hydrogens (tertiary/aromatic N) is 3. The summed E-state index contributed by atoms with van der Waals surface area (Å²) < 4.78 is 22.6. The largest absolute Gasteiger partial charge is 0.598 e. The standard InChI is InChI=1S/C19H24N4O2S/c1-6-7-16(22-26(24)19(2,3)4)17-11-18(25-21-17)13-8-9-15-14(10-13)12-23(5)20-15/h6,8-12,16,22H,1,7H2,2-5H3/t16-,26-/m0/s1. The molecule has 26 heavy (non-hydrogen) atoms. The number of aromatic nitrogens is 3. The van der Waals surface area contributed by atoms with E-state index >= 15 is 0 Å². The maximum Gasteiger partial charge on any atom is 0.167 e. The predicted octanol–water partition coefficient (Wildman–Crippen LogP) is 3.90. The molecule has 0 aliphatic rings. The second kappa shape index (κ2) is 7.26. The molecule has 0 radical (unpaired) electrons. The van der Waals surface area contributed by atoms with Crippen LogP contribution in [0.5, 0.6) is 0 Å². The Morgan fingerprint density at radius 1 is 1.38 bits per heavy atom. The molecule has 0 saturated heterocycles. The molecule has 0 fully saturated rings. The number of rotatable bonds is 6. The van der Waals surface area contributed by atoms with Gasteiger partial charge in [0.05, 0.1) is 5.52 Å². The topological polar surface area (TPSA) is 78.9 Å². The van der Waals surface area contributed by atoms with E-state index in [0.29, 0.717) is 17.9 Å². The van der Waals surface area contributed by atoms with Crippen molar-refractivity contribution < 1.29 is 9.08 Å². The van der Waals surface area contributed by atoms with Crippen molar-refractivity contribution in [2.75, 3.05) is 0 Å². The summed E-state index contributed by atoms with van der Waals surface area (Å²) in [6.45, 7) is 9.58. The highest BCUT2D eigenvalue weighted by Crippen LogP contribution is 2.28. The molecule has 0 bridgehead atoms. The van der Waals surface area contributed by atoms with Gasteiger partial charge in [0.25, 0.3) is 0 Å². The molecule has 0 aliphatic carbocycles. The molecule has 138 valence electrons. The van der Waals surface area contributed by atoms with E-state index in [1.807, 2.05) is 58.3 Å². The first-order chi connectivity index (χ1) is 12.3. The zero-order valence-corrected chi connectivity index (χ0v) is 16.3. The average Bonchev–Trinajstić information content (AvgIpc) is 3.18. The van der Waals surface area contributed by atoms with Gasteiger partial charge in [0, 0.05) is 41.6 Å². The van der Waals surface area contributed by atoms with Gasteiger partial charge in [0.2, 0.25) is 0 Å². The van der Waals surface area contributed by atoms with Crippen molar-refractivity contribution >= 4 is 22.3 Å². The summed E-state index contributed by atoms with van der Waals surface area (Å²) in [7, 11) is 1.90. The van der Waals surface area contributed by atoms with Gasteiger partial charge in [-0.3, -0.25) is 4.68 Å². The van der Waals surface area contributed by atoms with Crippen LogP contribution in [0.4, 0.5) is 0 Å². The SMILES string of the molecule is C=CC[C@H](N[S@@+]([O-])C(C)(C)C)c1cc(-c2ccc3nn(C)cc3c2)on1. The highest BCUT2D eigenvalue weighted by atomic mass is 32.2. The molecule has 2 aromatic heterocycles. The molecule has 2 atom stereocenters. The fraction of sp³-hybridized carbons (Fsp3) is 0.368. The highest BCUT2D eigenvalue weighted by molar-refractivity contribution is 7.90. The molecular weight excluding hydrogens is 348 g/mol. The predicted molar refractivity (Wildman–Crippen MR) is 105 cm³/mol. The lowest BCUT2D eigenvalue weighted by Gasteiger charge is -2.26. The first kappa shape index (κ1) is 18.7. The van der Waals surface area contributed by atoms with Crippen LogP contribution in [0.25, 0.3) is 22.2 Å². The number of benzene rings is 1. The van der Waals surface area contributed by atoms with Crippen molar-refractivity contribution in [3.63, 3.8) is 0 Å². The molecule has 1 N–H and O–H groups in total. The van der Waals surface area contributed by atoms with E-state index in [-0.39, 0.29) is 10.8 Å². The Morgan fingerprint density at radius 2 is 2.15 bits per heavy atom. The Hall–Kier alpha value is -2.09. The summed E-state index contributed by atoms with van der Waals surface area (Å²) in [5.74, 6) is 0.670. The Morgan fingerprint density at radius 3 is 2.85 bits per heavy atom. The molecule has 0 aliphatic heterocycles. The zero-order valence-electron chi connectivity index (χ0n) is 15.5. The number of hydrogen-bond acceptors (Lipinski definition) is 5. The average molecular weight is 372 g/mol. The van der Waals surface area contributed by atoms with E-state index in [4.69, 9.17) is 4.52 Å². The van der Waals surface area contributed by atoms with Crippen molar-refractivity contribution in [2.24, 2.45) is 7.05 Å². The molecule has 0 saturated carbocycles. The molecule has 0 amide bonds. The highest BCUT2D eigenvalue weighted by Gasteiger charge is 2.30. The van der Waals surface area contributed by atoms with E-state index in [9.17, 15) is 4.55 Å². The van der Waals surface area contributed by atoms with Crippen LogP contribution in [0.15, 0.2) is 47.6 Å². The van der Waals surface area contributed by atoms with Crippen LogP contribution >= 0.6 is 0 Å². The van der Waals surface area contributed by atoms with E-state index < -0.39 is 11.4 Å². The van der Waals surface area contributed by atoms with E-state index in [0.717, 1.165) is 16.5 Å². The van der Waals surface area contributed by atoms with Crippen LogP contribution < -0.4 is 4.72 Å². The fourth-order valence-corrected chi connectivity index (χ4v) is 3.42. The number of aryl methyl sites for hydroxylation is 1. The summed E-state index contributed by atoms with van der Waals surface area (Å²) >= 11 is -1.21. The maximum atomic E-state index is 12.4. The van der Waals surface area contributed by atoms with Crippen LogP contribution in [-0.4, -0.2) is 24.2 Å². The van der Waals surface area contributed by atoms with Crippen LogP contribution in [0, 0.1) is 0 Å². The van der Waals surface area contributed by atoms with Gasteiger partial charge in [-0.15, -0.1) is 11.3 Å². The molecule has 0 unspecified atom stereocenters. The quantitative estimate of drug-likeness (QED) is 0.524. The van der Waals surface area contributed by atoms with E-state index in [2.05, 4.69) is 21.6 Å². The number of hydrogen-bond donors (Lipinski definition) is 1. The summed E-state index contributed by atoms with van der Waals surface area (Å²) in [5, 5.41) is 9.61. The minimum absolute atomic E-state index is 0.216. The van der Waals surface area contributed by atoms with Gasteiger partial charge in [0.15, 0.2) is 5.76 Å². The van der Waals surface area contributed by atoms with Crippen molar-refractivity contribution in [3.8, 4) is 11.3 Å². The normalized spacial score (nSPS) is 14.5. The van der Waals surface area contributed by atoms with Gasteiger partial charge in [0.1, 0.15) is 16.5 Å². The monoisotopic (exact) mass is 372 g/mol. The third-order valence-electron chi connectivity index (χ3n) is 4.00. The number of fused-ring (bicyclic) bond motifs is 1. The second-order valence-corrected chi connectivity index (χ2v) is 9.27. The van der Waals surface area contributed by atoms with Crippen LogP contribution in [-0.2, 0) is 18.4 Å². The number of nitrogens with one attached hydrogen (secondary N) is 1. The first-order valence-corrected chi connectivity index (χ1v) is 9.62. The van der Waals surface area contributed by atoms with Gasteiger partial charge < -0.3 is 9.08 Å². The summed E-state index contributed by atoms with van der Waals surface area (Å²) in [6.07, 6.45) is 4.35. The van der Waals surface area contributed by atoms with Crippen molar-refractivity contribution in [2.45, 2.75) is 38.0 Å². The Labute approximate surface area is 156 Å². The molecule has 6 nitrogen and oxygen atoms in total. The molecule has 7 heteroatoms. The van der Waals surface area contributed by atoms with Crippen LogP contribution in [0.1, 0.15) is 38.9 Å².